The third-order valence-corrected chi connectivity index (χ3v) is 3.18. The van der Waals surface area contributed by atoms with Crippen LogP contribution in [0.3, 0.4) is 0 Å². The average Bonchev–Trinajstić information content (AvgIpc) is 2.45. The molecule has 2 atom stereocenters. The Morgan fingerprint density at radius 2 is 2.05 bits per heavy atom. The number of ether oxygens (including phenoxy) is 1. The van der Waals surface area contributed by atoms with Crippen molar-refractivity contribution in [1.82, 2.24) is 10.6 Å². The Bertz CT molecular complexity index is 468. The number of hydrogen-bond acceptors (Lipinski definition) is 3. The van der Waals surface area contributed by atoms with E-state index in [1.807, 2.05) is 13.8 Å². The number of nitrogens with one attached hydrogen (secondary N) is 2. The number of aliphatic hydroxyl groups is 1. The number of halogens is 1. The lowest BCUT2D eigenvalue weighted by molar-refractivity contribution is 0.116. The molecule has 0 spiro atoms. The minimum absolute atomic E-state index is 0.171. The second-order valence-corrected chi connectivity index (χ2v) is 5.62. The van der Waals surface area contributed by atoms with Gasteiger partial charge in [0.15, 0.2) is 0 Å². The predicted octanol–water partition coefficient (Wildman–Crippen LogP) is 2.30. The summed E-state index contributed by atoms with van der Waals surface area (Å²) >= 11 is 0. The van der Waals surface area contributed by atoms with E-state index in [0.717, 1.165) is 0 Å². The molecule has 0 aliphatic carbocycles. The Balaban J connectivity index is 2.20. The van der Waals surface area contributed by atoms with E-state index in [9.17, 15) is 14.3 Å². The normalized spacial score (nSPS) is 13.5. The van der Waals surface area contributed by atoms with Gasteiger partial charge in [-0.3, -0.25) is 0 Å². The first-order valence-electron chi connectivity index (χ1n) is 7.50. The van der Waals surface area contributed by atoms with Gasteiger partial charge in [0, 0.05) is 12.6 Å². The summed E-state index contributed by atoms with van der Waals surface area (Å²) in [7, 11) is 0. The monoisotopic (exact) mass is 312 g/mol. The van der Waals surface area contributed by atoms with Crippen LogP contribution < -0.4 is 15.4 Å². The molecule has 1 aromatic carbocycles. The zero-order chi connectivity index (χ0) is 16.5. The van der Waals surface area contributed by atoms with Gasteiger partial charge in [-0.2, -0.15) is 0 Å². The molecule has 3 N–H and O–H groups in total. The molecule has 0 aliphatic heterocycles. The summed E-state index contributed by atoms with van der Waals surface area (Å²) in [6.07, 6.45) is -0.190. The van der Waals surface area contributed by atoms with Gasteiger partial charge in [0.2, 0.25) is 0 Å². The summed E-state index contributed by atoms with van der Waals surface area (Å²) in [4.78, 5) is 11.6. The first kappa shape index (κ1) is 18.2. The van der Waals surface area contributed by atoms with Gasteiger partial charge in [0.1, 0.15) is 17.7 Å². The van der Waals surface area contributed by atoms with Crippen LogP contribution in [0.25, 0.3) is 0 Å². The number of hydrogen-bond donors (Lipinski definition) is 3. The summed E-state index contributed by atoms with van der Waals surface area (Å²) in [6, 6.07) is 5.55. The number of amides is 2. The minimum Gasteiger partial charge on any atom is -0.489 e. The van der Waals surface area contributed by atoms with Crippen molar-refractivity contribution in [3.63, 3.8) is 0 Å². The first-order chi connectivity index (χ1) is 10.4. The Labute approximate surface area is 130 Å². The number of carbonyl (C=O) groups excluding carboxylic acids is 1. The van der Waals surface area contributed by atoms with E-state index in [1.165, 1.54) is 12.1 Å². The molecule has 1 rings (SSSR count). The van der Waals surface area contributed by atoms with Crippen LogP contribution >= 0.6 is 0 Å². The van der Waals surface area contributed by atoms with E-state index in [0.29, 0.717) is 25.3 Å². The predicted molar refractivity (Wildman–Crippen MR) is 83.4 cm³/mol. The molecule has 0 radical (unpaired) electrons. The fourth-order valence-electron chi connectivity index (χ4n) is 1.78. The van der Waals surface area contributed by atoms with Gasteiger partial charge in [-0.05, 0) is 31.4 Å². The van der Waals surface area contributed by atoms with Gasteiger partial charge in [0.25, 0.3) is 0 Å². The van der Waals surface area contributed by atoms with Crippen molar-refractivity contribution in [3.8, 4) is 5.75 Å². The lowest BCUT2D eigenvalue weighted by Crippen LogP contribution is -2.41. The zero-order valence-corrected chi connectivity index (χ0v) is 13.3. The van der Waals surface area contributed by atoms with Crippen molar-refractivity contribution < 1.29 is 19.0 Å². The molecular weight excluding hydrogens is 287 g/mol. The van der Waals surface area contributed by atoms with E-state index in [4.69, 9.17) is 4.74 Å². The lowest BCUT2D eigenvalue weighted by Gasteiger charge is -2.17. The summed E-state index contributed by atoms with van der Waals surface area (Å²) in [5, 5.41) is 15.0. The Morgan fingerprint density at radius 1 is 1.32 bits per heavy atom. The van der Waals surface area contributed by atoms with E-state index in [-0.39, 0.29) is 23.9 Å². The smallest absolute Gasteiger partial charge is 0.314 e. The van der Waals surface area contributed by atoms with Crippen molar-refractivity contribution in [2.75, 3.05) is 13.1 Å². The molecule has 0 saturated heterocycles. The van der Waals surface area contributed by atoms with Crippen LogP contribution in [0.2, 0.25) is 0 Å². The van der Waals surface area contributed by atoms with Gasteiger partial charge >= 0.3 is 6.03 Å². The molecule has 0 fully saturated rings. The van der Waals surface area contributed by atoms with Crippen molar-refractivity contribution in [2.24, 2.45) is 5.92 Å². The molecule has 22 heavy (non-hydrogen) atoms. The molecule has 0 saturated carbocycles. The SMILES string of the molecule is CC(CNC(=O)NCCC(O)C(C)C)Oc1cccc(F)c1. The van der Waals surface area contributed by atoms with Crippen LogP contribution in [0.15, 0.2) is 24.3 Å². The highest BCUT2D eigenvalue weighted by molar-refractivity contribution is 5.73. The molecule has 6 heteroatoms. The first-order valence-corrected chi connectivity index (χ1v) is 7.50. The number of benzene rings is 1. The molecule has 124 valence electrons. The van der Waals surface area contributed by atoms with Gasteiger partial charge < -0.3 is 20.5 Å². The van der Waals surface area contributed by atoms with E-state index in [2.05, 4.69) is 10.6 Å². The molecule has 5 nitrogen and oxygen atoms in total. The maximum absolute atomic E-state index is 13.0. The minimum atomic E-state index is -0.421. The molecule has 2 amide bonds. The molecule has 1 aromatic rings. The molecule has 2 unspecified atom stereocenters. The Hall–Kier alpha value is -1.82. The quantitative estimate of drug-likeness (QED) is 0.690. The van der Waals surface area contributed by atoms with Crippen molar-refractivity contribution in [2.45, 2.75) is 39.4 Å². The van der Waals surface area contributed by atoms with Gasteiger partial charge in [-0.15, -0.1) is 0 Å². The van der Waals surface area contributed by atoms with Crippen LogP contribution in [-0.2, 0) is 0 Å². The van der Waals surface area contributed by atoms with Crippen LogP contribution in [0.4, 0.5) is 9.18 Å². The van der Waals surface area contributed by atoms with E-state index >= 15 is 0 Å². The summed E-state index contributed by atoms with van der Waals surface area (Å²) in [6.45, 7) is 6.35. The largest absolute Gasteiger partial charge is 0.489 e. The number of aliphatic hydroxyl groups excluding tert-OH is 1. The standard InChI is InChI=1S/C16H25FN2O3/c1-11(2)15(20)7-8-18-16(21)19-10-12(3)22-14-6-4-5-13(17)9-14/h4-6,9,11-12,15,20H,7-8,10H2,1-3H3,(H2,18,19,21). The van der Waals surface area contributed by atoms with E-state index < -0.39 is 6.10 Å². The fraction of sp³-hybridized carbons (Fsp3) is 0.562. The molecule has 0 bridgehead atoms. The summed E-state index contributed by atoms with van der Waals surface area (Å²) < 4.78 is 18.5. The number of urea groups is 1. The second kappa shape index (κ2) is 9.25. The van der Waals surface area contributed by atoms with Gasteiger partial charge in [0.05, 0.1) is 12.6 Å². The summed E-state index contributed by atoms with van der Waals surface area (Å²) in [5.41, 5.74) is 0. The molecular formula is C16H25FN2O3. The molecule has 0 aliphatic rings. The molecule has 0 aromatic heterocycles. The van der Waals surface area contributed by atoms with Gasteiger partial charge in [-0.1, -0.05) is 19.9 Å². The topological polar surface area (TPSA) is 70.6 Å². The van der Waals surface area contributed by atoms with Crippen molar-refractivity contribution >= 4 is 6.03 Å². The van der Waals surface area contributed by atoms with Gasteiger partial charge in [-0.25, -0.2) is 9.18 Å². The maximum atomic E-state index is 13.0. The maximum Gasteiger partial charge on any atom is 0.314 e. The van der Waals surface area contributed by atoms with E-state index in [1.54, 1.807) is 19.1 Å². The van der Waals surface area contributed by atoms with Crippen molar-refractivity contribution in [1.29, 1.82) is 0 Å². The Kier molecular flexibility index (Phi) is 7.66. The second-order valence-electron chi connectivity index (χ2n) is 5.62. The molecule has 0 heterocycles. The highest BCUT2D eigenvalue weighted by Crippen LogP contribution is 2.13. The number of carbonyl (C=O) groups is 1. The Morgan fingerprint density at radius 3 is 2.68 bits per heavy atom. The van der Waals surface area contributed by atoms with Crippen LogP contribution in [0, 0.1) is 11.7 Å². The van der Waals surface area contributed by atoms with Crippen LogP contribution in [0.5, 0.6) is 5.75 Å². The van der Waals surface area contributed by atoms with Crippen LogP contribution in [-0.4, -0.2) is 36.4 Å². The highest BCUT2D eigenvalue weighted by atomic mass is 19.1. The third kappa shape index (κ3) is 7.26. The van der Waals surface area contributed by atoms with Crippen LogP contribution in [0.1, 0.15) is 27.2 Å². The zero-order valence-electron chi connectivity index (χ0n) is 13.3. The number of rotatable bonds is 8. The average molecular weight is 312 g/mol. The third-order valence-electron chi connectivity index (χ3n) is 3.18. The highest BCUT2D eigenvalue weighted by Gasteiger charge is 2.10. The fourth-order valence-corrected chi connectivity index (χ4v) is 1.78. The lowest BCUT2D eigenvalue weighted by atomic mass is 10.0. The van der Waals surface area contributed by atoms with Crippen molar-refractivity contribution in [3.05, 3.63) is 30.1 Å². The summed E-state index contributed by atoms with van der Waals surface area (Å²) in [5.74, 6) is 0.235.